The Hall–Kier alpha value is -8.72. The number of nitrogens with zero attached hydrogens (tertiary/aromatic N) is 1. The lowest BCUT2D eigenvalue weighted by Gasteiger charge is -2.41. The van der Waals surface area contributed by atoms with Crippen molar-refractivity contribution in [1.82, 2.24) is 0 Å². The highest BCUT2D eigenvalue weighted by Gasteiger charge is 2.55. The third-order valence-electron chi connectivity index (χ3n) is 19.4. The lowest BCUT2D eigenvalue weighted by molar-refractivity contribution is 0.433. The molecule has 3 aliphatic carbocycles. The van der Waals surface area contributed by atoms with Gasteiger partial charge in [0.1, 0.15) is 11.5 Å². The summed E-state index contributed by atoms with van der Waals surface area (Å²) in [7, 11) is 0. The highest BCUT2D eigenvalue weighted by molar-refractivity contribution is 6.05. The fourth-order valence-corrected chi connectivity index (χ4v) is 15.1. The summed E-state index contributed by atoms with van der Waals surface area (Å²) in [5, 5.41) is 2.44. The van der Waals surface area contributed by atoms with Gasteiger partial charge in [-0.1, -0.05) is 259 Å². The molecule has 0 amide bonds. The maximum atomic E-state index is 7.15. The van der Waals surface area contributed by atoms with Gasteiger partial charge in [-0.15, -0.1) is 0 Å². The van der Waals surface area contributed by atoms with Crippen LogP contribution in [-0.2, 0) is 32.5 Å². The van der Waals surface area contributed by atoms with Crippen molar-refractivity contribution >= 4 is 27.8 Å². The first-order chi connectivity index (χ1) is 40.2. The van der Waals surface area contributed by atoms with E-state index in [9.17, 15) is 0 Å². The number of hydrogen-bond acceptors (Lipinski definition) is 2. The van der Waals surface area contributed by atoms with Crippen LogP contribution in [-0.4, -0.2) is 0 Å². The van der Waals surface area contributed by atoms with Gasteiger partial charge in [0, 0.05) is 27.9 Å². The molecule has 1 heterocycles. The number of hydrogen-bond donors (Lipinski definition) is 0. The molecule has 0 radical (unpaired) electrons. The Morgan fingerprint density at radius 1 is 0.286 bits per heavy atom. The molecule has 0 saturated heterocycles. The Kier molecular flexibility index (Phi) is 11.1. The quantitative estimate of drug-likeness (QED) is 0.174. The molecule has 2 nitrogen and oxygen atoms in total. The Balaban J connectivity index is 1.07. The second-order valence-corrected chi connectivity index (χ2v) is 28.4. The summed E-state index contributed by atoms with van der Waals surface area (Å²) in [6.45, 7) is 28.1. The molecule has 4 aliphatic rings. The molecule has 0 N–H and O–H groups in total. The van der Waals surface area contributed by atoms with E-state index in [1.165, 1.54) is 122 Å². The molecule has 11 aromatic rings. The molecule has 0 aromatic heterocycles. The lowest BCUT2D eigenvalue weighted by atomic mass is 9.64. The van der Waals surface area contributed by atoms with Crippen molar-refractivity contribution in [2.24, 2.45) is 0 Å². The minimum atomic E-state index is -0.718. The first kappa shape index (κ1) is 52.1. The second kappa shape index (κ2) is 17.9. The van der Waals surface area contributed by atoms with Crippen molar-refractivity contribution in [3.05, 3.63) is 291 Å². The first-order valence-corrected chi connectivity index (χ1v) is 30.3. The van der Waals surface area contributed by atoms with Crippen molar-refractivity contribution in [3.8, 4) is 56.0 Å². The fraction of sp³-hybridized carbons (Fsp3) is 0.220. The SMILES string of the molecule is CC(C)(C)c1ccc2c(c1)C1(c3cc(C(C)(C)C)ccc3O2)c2ccccc2-c2c(N(c3ccc4c(c3)C3(c5ccccc5-4)c4cc(C(C)(C)C)ccc4-c4ccc(C(C)(C)C)cc43)c3ccccc3-c3cccc4ccccc34)cccc21. The van der Waals surface area contributed by atoms with Crippen molar-refractivity contribution < 1.29 is 4.74 Å². The number of benzene rings is 11. The molecule has 0 atom stereocenters. The van der Waals surface area contributed by atoms with Gasteiger partial charge in [-0.3, -0.25) is 0 Å². The van der Waals surface area contributed by atoms with E-state index in [0.717, 1.165) is 28.6 Å². The predicted octanol–water partition coefficient (Wildman–Crippen LogP) is 22.0. The van der Waals surface area contributed by atoms with Crippen molar-refractivity contribution in [1.29, 1.82) is 0 Å². The second-order valence-electron chi connectivity index (χ2n) is 28.4. The van der Waals surface area contributed by atoms with Gasteiger partial charge in [0.2, 0.25) is 0 Å². The van der Waals surface area contributed by atoms with Crippen LogP contribution in [0, 0.1) is 0 Å². The summed E-state index contributed by atoms with van der Waals surface area (Å²) in [4.78, 5) is 2.63. The monoisotopic (exact) mass is 1090 g/mol. The van der Waals surface area contributed by atoms with Crippen molar-refractivity contribution in [2.75, 3.05) is 4.90 Å². The van der Waals surface area contributed by atoms with E-state index in [1.807, 2.05) is 0 Å². The van der Waals surface area contributed by atoms with Crippen LogP contribution in [0.3, 0.4) is 0 Å². The summed E-state index contributed by atoms with van der Waals surface area (Å²) < 4.78 is 7.15. The topological polar surface area (TPSA) is 12.5 Å². The van der Waals surface area contributed by atoms with Crippen molar-refractivity contribution in [2.45, 2.75) is 116 Å². The van der Waals surface area contributed by atoms with Crippen LogP contribution in [0.15, 0.2) is 224 Å². The highest BCUT2D eigenvalue weighted by Crippen LogP contribution is 2.67. The summed E-state index contributed by atoms with van der Waals surface area (Å²) in [5.41, 5.74) is 27.2. The van der Waals surface area contributed by atoms with Gasteiger partial charge in [-0.2, -0.15) is 0 Å². The molecule has 0 fully saturated rings. The van der Waals surface area contributed by atoms with Gasteiger partial charge in [0.25, 0.3) is 0 Å². The van der Waals surface area contributed by atoms with E-state index < -0.39 is 10.8 Å². The molecule has 15 rings (SSSR count). The Labute approximate surface area is 497 Å². The smallest absolute Gasteiger partial charge is 0.132 e. The minimum absolute atomic E-state index is 0.0675. The Bertz CT molecular complexity index is 4440. The Morgan fingerprint density at radius 3 is 1.27 bits per heavy atom. The molecule has 2 spiro atoms. The van der Waals surface area contributed by atoms with E-state index in [-0.39, 0.29) is 21.7 Å². The standard InChI is InChI=1S/C82H73NO/c1-77(2,3)51-35-40-59-60-41-36-52(78(4,5)6)46-68(60)82(67(59)45-51)64-30-18-15-26-58(64)61-42-39-55(49-69(61)82)83(72-33-20-17-27-62(72)57-29-21-24-50-23-13-14-25-56(50)57)73-34-22-32-66-76(73)63-28-16-19-31-65(63)81(66)70-47-53(79(7,8)9)37-43-74(70)84-75-44-38-54(48-71(75)81)80(10,11)12/h13-49H,1-12H3. The van der Waals surface area contributed by atoms with Gasteiger partial charge in [-0.05, 0) is 170 Å². The van der Waals surface area contributed by atoms with Crippen LogP contribution in [0.1, 0.15) is 150 Å². The van der Waals surface area contributed by atoms with Crippen LogP contribution >= 0.6 is 0 Å². The van der Waals surface area contributed by atoms with Crippen LogP contribution in [0.25, 0.3) is 55.3 Å². The number of ether oxygens (including phenoxy) is 1. The molecule has 1 aliphatic heterocycles. The molecule has 84 heavy (non-hydrogen) atoms. The van der Waals surface area contributed by atoms with Crippen molar-refractivity contribution in [3.63, 3.8) is 0 Å². The maximum Gasteiger partial charge on any atom is 0.132 e. The van der Waals surface area contributed by atoms with Crippen LogP contribution in [0.2, 0.25) is 0 Å². The van der Waals surface area contributed by atoms with Crippen LogP contribution in [0.5, 0.6) is 11.5 Å². The molecule has 2 heteroatoms. The van der Waals surface area contributed by atoms with E-state index in [1.54, 1.807) is 0 Å². The van der Waals surface area contributed by atoms with Crippen LogP contribution < -0.4 is 9.64 Å². The van der Waals surface area contributed by atoms with E-state index in [2.05, 4.69) is 312 Å². The predicted molar refractivity (Wildman–Crippen MR) is 353 cm³/mol. The third-order valence-corrected chi connectivity index (χ3v) is 19.4. The molecule has 0 unspecified atom stereocenters. The molecule has 0 bridgehead atoms. The van der Waals surface area contributed by atoms with Gasteiger partial charge in [0.15, 0.2) is 0 Å². The van der Waals surface area contributed by atoms with Gasteiger partial charge < -0.3 is 9.64 Å². The average Bonchev–Trinajstić information content (AvgIpc) is 1.54. The Morgan fingerprint density at radius 2 is 0.679 bits per heavy atom. The highest BCUT2D eigenvalue weighted by atomic mass is 16.5. The number of anilines is 3. The van der Waals surface area contributed by atoms with E-state index in [0.29, 0.717) is 0 Å². The summed E-state index contributed by atoms with van der Waals surface area (Å²) in [6.07, 6.45) is 0. The van der Waals surface area contributed by atoms with Gasteiger partial charge in [0.05, 0.1) is 22.2 Å². The summed E-state index contributed by atoms with van der Waals surface area (Å²) in [6, 6.07) is 86.7. The largest absolute Gasteiger partial charge is 0.457 e. The van der Waals surface area contributed by atoms with Crippen LogP contribution in [0.4, 0.5) is 17.1 Å². The molecular formula is C82H73NO. The summed E-state index contributed by atoms with van der Waals surface area (Å²) >= 11 is 0. The molecule has 0 saturated carbocycles. The number of para-hydroxylation sites is 1. The lowest BCUT2D eigenvalue weighted by Crippen LogP contribution is -2.33. The van der Waals surface area contributed by atoms with E-state index >= 15 is 0 Å². The zero-order chi connectivity index (χ0) is 58.0. The van der Waals surface area contributed by atoms with E-state index in [4.69, 9.17) is 4.74 Å². The molecule has 412 valence electrons. The zero-order valence-electron chi connectivity index (χ0n) is 50.7. The molecular weight excluding hydrogens is 1010 g/mol. The average molecular weight is 1090 g/mol. The van der Waals surface area contributed by atoms with Gasteiger partial charge >= 0.3 is 0 Å². The van der Waals surface area contributed by atoms with Gasteiger partial charge in [-0.25, -0.2) is 0 Å². The number of rotatable bonds is 4. The maximum absolute atomic E-state index is 7.15. The summed E-state index contributed by atoms with van der Waals surface area (Å²) in [5.74, 6) is 1.80. The minimum Gasteiger partial charge on any atom is -0.457 e. The third kappa shape index (κ3) is 7.35. The fourth-order valence-electron chi connectivity index (χ4n) is 15.1. The first-order valence-electron chi connectivity index (χ1n) is 30.3. The number of fused-ring (bicyclic) bond motifs is 20. The zero-order valence-corrected chi connectivity index (χ0v) is 50.7. The molecule has 11 aromatic carbocycles. The normalized spacial score (nSPS) is 14.7.